The third-order valence-corrected chi connectivity index (χ3v) is 9.24. The number of rotatable bonds is 39. The summed E-state index contributed by atoms with van der Waals surface area (Å²) in [5, 5.41) is 0. The van der Waals surface area contributed by atoms with Crippen molar-refractivity contribution in [1.82, 2.24) is 0 Å². The maximum Gasteiger partial charge on any atom is 0.306 e. The average Bonchev–Trinajstić information content (AvgIpc) is 3.18. The van der Waals surface area contributed by atoms with Crippen molar-refractivity contribution in [2.24, 2.45) is 0 Å². The van der Waals surface area contributed by atoms with Gasteiger partial charge < -0.3 is 14.2 Å². The first kappa shape index (κ1) is 51.9. The predicted molar refractivity (Wildman–Crippen MR) is 233 cm³/mol. The van der Waals surface area contributed by atoms with E-state index in [0.717, 1.165) is 77.0 Å². The van der Waals surface area contributed by atoms with Gasteiger partial charge in [-0.3, -0.25) is 14.4 Å². The quantitative estimate of drug-likeness (QED) is 0.0268. The summed E-state index contributed by atoms with van der Waals surface area (Å²) in [6.45, 7) is 6.40. The molecule has 0 radical (unpaired) electrons. The highest BCUT2D eigenvalue weighted by atomic mass is 16.6. The van der Waals surface area contributed by atoms with Crippen molar-refractivity contribution < 1.29 is 28.6 Å². The molecule has 314 valence electrons. The molecule has 0 aliphatic carbocycles. The Morgan fingerprint density at radius 2 is 0.709 bits per heavy atom. The van der Waals surface area contributed by atoms with Crippen molar-refractivity contribution in [3.8, 4) is 0 Å². The Labute approximate surface area is 338 Å². The first-order chi connectivity index (χ1) is 27.0. The van der Waals surface area contributed by atoms with Crippen molar-refractivity contribution in [2.75, 3.05) is 13.2 Å². The molecule has 6 heteroatoms. The maximum atomic E-state index is 12.7. The van der Waals surface area contributed by atoms with E-state index in [4.69, 9.17) is 14.2 Å². The predicted octanol–water partition coefficient (Wildman–Crippen LogP) is 14.3. The summed E-state index contributed by atoms with van der Waals surface area (Å²) in [7, 11) is 0. The fourth-order valence-electron chi connectivity index (χ4n) is 5.88. The molecule has 0 fully saturated rings. The second-order valence-electron chi connectivity index (χ2n) is 14.6. The largest absolute Gasteiger partial charge is 0.462 e. The monoisotopic (exact) mass is 767 g/mol. The van der Waals surface area contributed by atoms with E-state index in [1.54, 1.807) is 0 Å². The van der Waals surface area contributed by atoms with Crippen molar-refractivity contribution >= 4 is 17.9 Å². The van der Waals surface area contributed by atoms with Crippen LogP contribution in [0.3, 0.4) is 0 Å². The van der Waals surface area contributed by atoms with Gasteiger partial charge in [0.05, 0.1) is 0 Å². The fraction of sp³-hybridized carbons (Fsp3) is 0.694. The zero-order chi connectivity index (χ0) is 40.1. The Kier molecular flexibility index (Phi) is 41.1. The molecule has 0 aromatic rings. The van der Waals surface area contributed by atoms with Crippen LogP contribution in [0.1, 0.15) is 201 Å². The number of hydrogen-bond acceptors (Lipinski definition) is 6. The van der Waals surface area contributed by atoms with Crippen LogP contribution in [0.4, 0.5) is 0 Å². The number of hydrogen-bond donors (Lipinski definition) is 0. The normalized spacial score (nSPS) is 12.2. The Morgan fingerprint density at radius 1 is 0.382 bits per heavy atom. The van der Waals surface area contributed by atoms with Crippen LogP contribution in [-0.4, -0.2) is 37.2 Å². The third kappa shape index (κ3) is 41.8. The summed E-state index contributed by atoms with van der Waals surface area (Å²) in [5.74, 6) is -1.000. The van der Waals surface area contributed by atoms with Gasteiger partial charge in [0, 0.05) is 19.3 Å². The van der Waals surface area contributed by atoms with Gasteiger partial charge in [-0.15, -0.1) is 0 Å². The number of allylic oxidation sites excluding steroid dienone is 12. The molecular weight excluding hydrogens is 685 g/mol. The smallest absolute Gasteiger partial charge is 0.306 e. The Morgan fingerprint density at radius 3 is 1.07 bits per heavy atom. The van der Waals surface area contributed by atoms with Gasteiger partial charge in [-0.05, 0) is 57.8 Å². The molecule has 0 rings (SSSR count). The second kappa shape index (κ2) is 43.6. The minimum absolute atomic E-state index is 0.104. The van der Waals surface area contributed by atoms with Crippen LogP contribution in [0, 0.1) is 0 Å². The summed E-state index contributed by atoms with van der Waals surface area (Å²) in [6, 6.07) is 0. The Hall–Kier alpha value is -3.15. The molecule has 6 nitrogen and oxygen atoms in total. The summed E-state index contributed by atoms with van der Waals surface area (Å²) in [4.78, 5) is 37.6. The third-order valence-electron chi connectivity index (χ3n) is 9.24. The minimum atomic E-state index is -0.808. The lowest BCUT2D eigenvalue weighted by Crippen LogP contribution is -2.30. The van der Waals surface area contributed by atoms with Crippen molar-refractivity contribution in [2.45, 2.75) is 207 Å². The second-order valence-corrected chi connectivity index (χ2v) is 14.6. The van der Waals surface area contributed by atoms with E-state index in [0.29, 0.717) is 19.3 Å². The lowest BCUT2D eigenvalue weighted by Gasteiger charge is -2.18. The zero-order valence-corrected chi connectivity index (χ0v) is 35.7. The highest BCUT2D eigenvalue weighted by Gasteiger charge is 2.19. The fourth-order valence-corrected chi connectivity index (χ4v) is 5.88. The number of unbranched alkanes of at least 4 members (excludes halogenated alkanes) is 16. The van der Waals surface area contributed by atoms with Gasteiger partial charge in [-0.2, -0.15) is 0 Å². The first-order valence-electron chi connectivity index (χ1n) is 22.4. The van der Waals surface area contributed by atoms with E-state index < -0.39 is 12.1 Å². The van der Waals surface area contributed by atoms with E-state index >= 15 is 0 Å². The molecule has 0 bridgehead atoms. The van der Waals surface area contributed by atoms with Crippen LogP contribution in [-0.2, 0) is 28.6 Å². The van der Waals surface area contributed by atoms with Crippen molar-refractivity contribution in [3.05, 3.63) is 72.9 Å². The summed E-state index contributed by atoms with van der Waals surface area (Å²) < 4.78 is 16.6. The van der Waals surface area contributed by atoms with Crippen molar-refractivity contribution in [1.29, 1.82) is 0 Å². The molecule has 0 amide bonds. The lowest BCUT2D eigenvalue weighted by molar-refractivity contribution is -0.166. The zero-order valence-electron chi connectivity index (χ0n) is 35.7. The summed E-state index contributed by atoms with van der Waals surface area (Å²) in [5.41, 5.74) is 0. The summed E-state index contributed by atoms with van der Waals surface area (Å²) in [6.07, 6.45) is 53.3. The molecule has 0 spiro atoms. The van der Waals surface area contributed by atoms with Gasteiger partial charge >= 0.3 is 17.9 Å². The molecule has 0 unspecified atom stereocenters. The number of ether oxygens (including phenoxy) is 3. The van der Waals surface area contributed by atoms with Crippen LogP contribution in [0.15, 0.2) is 72.9 Å². The van der Waals surface area contributed by atoms with Crippen LogP contribution < -0.4 is 0 Å². The minimum Gasteiger partial charge on any atom is -0.462 e. The Bertz CT molecular complexity index is 1030. The first-order valence-corrected chi connectivity index (χ1v) is 22.4. The van der Waals surface area contributed by atoms with E-state index in [2.05, 4.69) is 81.5 Å². The van der Waals surface area contributed by atoms with E-state index in [1.165, 1.54) is 77.0 Å². The number of carbonyl (C=O) groups excluding carboxylic acids is 3. The molecule has 0 saturated carbocycles. The number of carbonyl (C=O) groups is 3. The van der Waals surface area contributed by atoms with Gasteiger partial charge in [-0.25, -0.2) is 0 Å². The molecule has 0 heterocycles. The van der Waals surface area contributed by atoms with Gasteiger partial charge in [-0.1, -0.05) is 196 Å². The average molecular weight is 767 g/mol. The van der Waals surface area contributed by atoms with Gasteiger partial charge in [0.2, 0.25) is 0 Å². The molecule has 0 atom stereocenters. The van der Waals surface area contributed by atoms with Crippen LogP contribution in [0.25, 0.3) is 0 Å². The molecule has 0 aromatic carbocycles. The maximum absolute atomic E-state index is 12.7. The standard InChI is InChI=1S/C49H82O6/c1-4-7-10-13-16-19-20-21-22-23-24-25-26-27-28-31-34-37-40-43-49(52)55-46(44-53-47(50)41-38-35-32-29-17-14-11-8-5-2)45-54-48(51)42-39-36-33-30-18-15-12-9-6-3/h7,10,16,19,21-22,24-25,27-28,34,37,46H,4-6,8-9,11-15,17-18,20,23,26,29-33,35-36,38-45H2,1-3H3/b10-7-,19-16-,22-21-,25-24-,28-27-,37-34-. The molecule has 0 N–H and O–H groups in total. The van der Waals surface area contributed by atoms with Crippen LogP contribution >= 0.6 is 0 Å². The molecule has 0 aliphatic rings. The summed E-state index contributed by atoms with van der Waals surface area (Å²) >= 11 is 0. The molecule has 55 heavy (non-hydrogen) atoms. The lowest BCUT2D eigenvalue weighted by atomic mass is 10.1. The van der Waals surface area contributed by atoms with Crippen LogP contribution in [0.5, 0.6) is 0 Å². The SMILES string of the molecule is CC/C=C\C/C=C\C/C=C\C/C=C\C/C=C\C/C=C\CCC(=O)OC(COC(=O)CCCCCCCCCCC)COC(=O)CCCCCCCCCCC. The Balaban J connectivity index is 4.47. The molecule has 0 aromatic heterocycles. The van der Waals surface area contributed by atoms with Crippen molar-refractivity contribution in [3.63, 3.8) is 0 Å². The highest BCUT2D eigenvalue weighted by molar-refractivity contribution is 5.71. The van der Waals surface area contributed by atoms with Gasteiger partial charge in [0.1, 0.15) is 13.2 Å². The van der Waals surface area contributed by atoms with Gasteiger partial charge in [0.15, 0.2) is 6.10 Å². The van der Waals surface area contributed by atoms with E-state index in [-0.39, 0.29) is 31.6 Å². The van der Waals surface area contributed by atoms with E-state index in [1.807, 2.05) is 12.2 Å². The molecule has 0 aliphatic heterocycles. The van der Waals surface area contributed by atoms with E-state index in [9.17, 15) is 14.4 Å². The van der Waals surface area contributed by atoms with Crippen LogP contribution in [0.2, 0.25) is 0 Å². The topological polar surface area (TPSA) is 78.9 Å². The molecular formula is C49H82O6. The van der Waals surface area contributed by atoms with Gasteiger partial charge in [0.25, 0.3) is 0 Å². The molecule has 0 saturated heterocycles. The highest BCUT2D eigenvalue weighted by Crippen LogP contribution is 2.13. The number of esters is 3.